The Kier molecular flexibility index (Phi) is 6.30. The molecular weight excluding hydrogens is 426 g/mol. The zero-order valence-electron chi connectivity index (χ0n) is 18.0. The standard InChI is InChI=1S/C24H25N3O6/c1-2-19(21(28)27-20-17(23(30)31)11-25-22(20)29)26-24(32)33-12-18-15-9-5-3-7-13(15)14-8-4-6-10-16(14)18/h3-10,17-20H,2,11-12H2,1H3,(H,25,29)(H,26,32)(H,27,28)(H,30,31)/t17?,19-,20?/m1/s1. The van der Waals surface area contributed by atoms with E-state index in [1.807, 2.05) is 48.5 Å². The molecule has 1 aliphatic carbocycles. The summed E-state index contributed by atoms with van der Waals surface area (Å²) in [4.78, 5) is 48.3. The molecular formula is C24H25N3O6. The second-order valence-corrected chi connectivity index (χ2v) is 8.11. The summed E-state index contributed by atoms with van der Waals surface area (Å²) < 4.78 is 5.47. The van der Waals surface area contributed by atoms with E-state index >= 15 is 0 Å². The Balaban J connectivity index is 1.38. The van der Waals surface area contributed by atoms with Crippen molar-refractivity contribution in [3.63, 3.8) is 0 Å². The molecule has 2 aromatic carbocycles. The summed E-state index contributed by atoms with van der Waals surface area (Å²) in [6, 6.07) is 13.8. The highest BCUT2D eigenvalue weighted by Gasteiger charge is 2.41. The van der Waals surface area contributed by atoms with E-state index in [1.165, 1.54) is 0 Å². The Morgan fingerprint density at radius 3 is 2.27 bits per heavy atom. The summed E-state index contributed by atoms with van der Waals surface area (Å²) >= 11 is 0. The fraction of sp³-hybridized carbons (Fsp3) is 0.333. The van der Waals surface area contributed by atoms with Crippen LogP contribution in [0.4, 0.5) is 4.79 Å². The number of carbonyl (C=O) groups is 4. The molecule has 33 heavy (non-hydrogen) atoms. The van der Waals surface area contributed by atoms with Crippen LogP contribution in [0.25, 0.3) is 11.1 Å². The van der Waals surface area contributed by atoms with Crippen LogP contribution in [0.1, 0.15) is 30.4 Å². The SMILES string of the molecule is CC[C@@H](NC(=O)OCC1c2ccccc2-c2ccccc21)C(=O)NC1C(=O)NCC1C(=O)O. The van der Waals surface area contributed by atoms with E-state index in [9.17, 15) is 24.3 Å². The van der Waals surface area contributed by atoms with Crippen molar-refractivity contribution in [2.24, 2.45) is 5.92 Å². The van der Waals surface area contributed by atoms with Gasteiger partial charge in [0, 0.05) is 12.5 Å². The van der Waals surface area contributed by atoms with Crippen molar-refractivity contribution in [1.29, 1.82) is 0 Å². The van der Waals surface area contributed by atoms with Gasteiger partial charge in [-0.15, -0.1) is 0 Å². The van der Waals surface area contributed by atoms with E-state index in [2.05, 4.69) is 16.0 Å². The van der Waals surface area contributed by atoms with E-state index in [0.29, 0.717) is 0 Å². The number of benzene rings is 2. The average molecular weight is 451 g/mol. The number of carboxylic acid groups (broad SMARTS) is 1. The summed E-state index contributed by atoms with van der Waals surface area (Å²) in [5.41, 5.74) is 4.36. The predicted molar refractivity (Wildman–Crippen MR) is 118 cm³/mol. The average Bonchev–Trinajstić information content (AvgIpc) is 3.34. The lowest BCUT2D eigenvalue weighted by Crippen LogP contribution is -2.53. The van der Waals surface area contributed by atoms with Crippen LogP contribution in [-0.4, -0.2) is 54.2 Å². The Labute approximate surface area is 190 Å². The van der Waals surface area contributed by atoms with Crippen LogP contribution < -0.4 is 16.0 Å². The van der Waals surface area contributed by atoms with Crippen LogP contribution >= 0.6 is 0 Å². The van der Waals surface area contributed by atoms with Crippen molar-refractivity contribution in [2.45, 2.75) is 31.3 Å². The number of carboxylic acids is 1. The highest BCUT2D eigenvalue weighted by molar-refractivity contribution is 5.96. The van der Waals surface area contributed by atoms with Crippen molar-refractivity contribution < 1.29 is 29.0 Å². The van der Waals surface area contributed by atoms with Crippen molar-refractivity contribution in [2.75, 3.05) is 13.2 Å². The second-order valence-electron chi connectivity index (χ2n) is 8.11. The van der Waals surface area contributed by atoms with Gasteiger partial charge in [-0.25, -0.2) is 4.79 Å². The van der Waals surface area contributed by atoms with E-state index in [4.69, 9.17) is 4.74 Å². The van der Waals surface area contributed by atoms with E-state index in [1.54, 1.807) is 6.92 Å². The number of alkyl carbamates (subject to hydrolysis) is 1. The van der Waals surface area contributed by atoms with Gasteiger partial charge in [0.1, 0.15) is 24.6 Å². The van der Waals surface area contributed by atoms with Gasteiger partial charge in [-0.2, -0.15) is 0 Å². The molecule has 0 saturated carbocycles. The number of rotatable bonds is 7. The van der Waals surface area contributed by atoms with Gasteiger partial charge < -0.3 is 25.8 Å². The first-order valence-electron chi connectivity index (χ1n) is 10.8. The number of hydrogen-bond acceptors (Lipinski definition) is 5. The lowest BCUT2D eigenvalue weighted by Gasteiger charge is -2.21. The minimum Gasteiger partial charge on any atom is -0.481 e. The van der Waals surface area contributed by atoms with Gasteiger partial charge in [0.05, 0.1) is 0 Å². The van der Waals surface area contributed by atoms with Crippen LogP contribution in [0.5, 0.6) is 0 Å². The van der Waals surface area contributed by atoms with Crippen molar-refractivity contribution in [3.8, 4) is 11.1 Å². The summed E-state index contributed by atoms with van der Waals surface area (Å²) in [5.74, 6) is -3.56. The first-order valence-corrected chi connectivity index (χ1v) is 10.8. The third kappa shape index (κ3) is 4.39. The number of hydrogen-bond donors (Lipinski definition) is 4. The number of aliphatic carboxylic acids is 1. The van der Waals surface area contributed by atoms with E-state index < -0.39 is 41.9 Å². The van der Waals surface area contributed by atoms with Gasteiger partial charge >= 0.3 is 12.1 Å². The van der Waals surface area contributed by atoms with Gasteiger partial charge in [-0.3, -0.25) is 14.4 Å². The maximum absolute atomic E-state index is 12.6. The zero-order chi connectivity index (χ0) is 23.5. The molecule has 1 fully saturated rings. The van der Waals surface area contributed by atoms with Crippen molar-refractivity contribution in [1.82, 2.24) is 16.0 Å². The summed E-state index contributed by atoms with van der Waals surface area (Å²) in [7, 11) is 0. The zero-order valence-corrected chi connectivity index (χ0v) is 18.0. The summed E-state index contributed by atoms with van der Waals surface area (Å²) in [5, 5.41) is 16.6. The molecule has 1 saturated heterocycles. The Morgan fingerprint density at radius 2 is 1.70 bits per heavy atom. The largest absolute Gasteiger partial charge is 0.481 e. The fourth-order valence-electron chi connectivity index (χ4n) is 4.41. The molecule has 4 rings (SSSR count). The Hall–Kier alpha value is -3.88. The molecule has 3 amide bonds. The van der Waals surface area contributed by atoms with Crippen LogP contribution in [0.15, 0.2) is 48.5 Å². The molecule has 0 bridgehead atoms. The Morgan fingerprint density at radius 1 is 1.09 bits per heavy atom. The third-order valence-corrected chi connectivity index (χ3v) is 6.16. The minimum atomic E-state index is -1.19. The molecule has 2 aromatic rings. The smallest absolute Gasteiger partial charge is 0.407 e. The number of nitrogens with one attached hydrogen (secondary N) is 3. The fourth-order valence-corrected chi connectivity index (χ4v) is 4.41. The topological polar surface area (TPSA) is 134 Å². The predicted octanol–water partition coefficient (Wildman–Crippen LogP) is 1.62. The normalized spacial score (nSPS) is 19.7. The molecule has 2 aliphatic rings. The van der Waals surface area contributed by atoms with Gasteiger partial charge in [0.15, 0.2) is 0 Å². The monoisotopic (exact) mass is 451 g/mol. The molecule has 0 aromatic heterocycles. The lowest BCUT2D eigenvalue weighted by molar-refractivity contribution is -0.143. The first-order chi connectivity index (χ1) is 15.9. The van der Waals surface area contributed by atoms with Gasteiger partial charge in [-0.05, 0) is 28.7 Å². The second kappa shape index (κ2) is 9.32. The van der Waals surface area contributed by atoms with Crippen molar-refractivity contribution in [3.05, 3.63) is 59.7 Å². The van der Waals surface area contributed by atoms with Gasteiger partial charge in [0.2, 0.25) is 11.8 Å². The highest BCUT2D eigenvalue weighted by atomic mass is 16.5. The van der Waals surface area contributed by atoms with Crippen LogP contribution in [0.2, 0.25) is 0 Å². The first kappa shape index (κ1) is 22.3. The summed E-state index contributed by atoms with van der Waals surface area (Å²) in [6.07, 6.45) is -0.522. The van der Waals surface area contributed by atoms with Crippen LogP contribution in [0.3, 0.4) is 0 Å². The molecule has 9 nitrogen and oxygen atoms in total. The molecule has 9 heteroatoms. The van der Waals surface area contributed by atoms with Crippen LogP contribution in [-0.2, 0) is 19.1 Å². The third-order valence-electron chi connectivity index (χ3n) is 6.16. The van der Waals surface area contributed by atoms with Crippen molar-refractivity contribution >= 4 is 23.9 Å². The maximum atomic E-state index is 12.6. The van der Waals surface area contributed by atoms with Crippen LogP contribution in [0, 0.1) is 5.92 Å². The maximum Gasteiger partial charge on any atom is 0.407 e. The molecule has 172 valence electrons. The van der Waals surface area contributed by atoms with E-state index in [0.717, 1.165) is 22.3 Å². The van der Waals surface area contributed by atoms with E-state index in [-0.39, 0.29) is 25.5 Å². The molecule has 0 spiro atoms. The number of ether oxygens (including phenoxy) is 1. The molecule has 1 aliphatic heterocycles. The number of carbonyl (C=O) groups excluding carboxylic acids is 3. The Bertz CT molecular complexity index is 1060. The number of fused-ring (bicyclic) bond motifs is 3. The van der Waals surface area contributed by atoms with Gasteiger partial charge in [-0.1, -0.05) is 55.5 Å². The quantitative estimate of drug-likeness (QED) is 0.506. The lowest BCUT2D eigenvalue weighted by atomic mass is 9.98. The molecule has 2 unspecified atom stereocenters. The molecule has 4 N–H and O–H groups in total. The van der Waals surface area contributed by atoms with Gasteiger partial charge in [0.25, 0.3) is 0 Å². The minimum absolute atomic E-state index is 0.0598. The molecule has 0 radical (unpaired) electrons. The molecule has 3 atom stereocenters. The molecule has 1 heterocycles. The highest BCUT2D eigenvalue weighted by Crippen LogP contribution is 2.44. The summed E-state index contributed by atoms with van der Waals surface area (Å²) in [6.45, 7) is 1.73. The number of amides is 3.